The summed E-state index contributed by atoms with van der Waals surface area (Å²) in [6.45, 7) is 1.10. The largest absolute Gasteiger partial charge is 0.351 e. The molecule has 1 fully saturated rings. The zero-order valence-corrected chi connectivity index (χ0v) is 6.62. The van der Waals surface area contributed by atoms with E-state index in [-0.39, 0.29) is 6.03 Å². The van der Waals surface area contributed by atoms with Gasteiger partial charge in [0.25, 0.3) is 0 Å². The third-order valence-corrected chi connectivity index (χ3v) is 2.17. The van der Waals surface area contributed by atoms with Crippen molar-refractivity contribution >= 4 is 6.03 Å². The zero-order chi connectivity index (χ0) is 8.27. The van der Waals surface area contributed by atoms with Gasteiger partial charge in [-0.25, -0.2) is 4.79 Å². The van der Waals surface area contributed by atoms with Crippen molar-refractivity contribution in [2.24, 2.45) is 11.5 Å². The predicted molar refractivity (Wildman–Crippen MR) is 43.0 cm³/mol. The van der Waals surface area contributed by atoms with Gasteiger partial charge in [-0.1, -0.05) is 0 Å². The maximum atomic E-state index is 10.8. The van der Waals surface area contributed by atoms with E-state index in [9.17, 15) is 4.79 Å². The molecule has 0 atom stereocenters. The Morgan fingerprint density at radius 2 is 2.18 bits per heavy atom. The van der Waals surface area contributed by atoms with E-state index in [2.05, 4.69) is 0 Å². The molecule has 0 radical (unpaired) electrons. The number of amides is 2. The Kier molecular flexibility index (Phi) is 2.70. The minimum Gasteiger partial charge on any atom is -0.351 e. The molecule has 1 rings (SSSR count). The average molecular weight is 157 g/mol. The van der Waals surface area contributed by atoms with E-state index in [4.69, 9.17) is 11.5 Å². The highest BCUT2D eigenvalue weighted by Gasteiger charge is 2.26. The maximum absolute atomic E-state index is 10.8. The van der Waals surface area contributed by atoms with Gasteiger partial charge in [-0.3, -0.25) is 0 Å². The molecule has 1 aliphatic rings. The molecule has 4 N–H and O–H groups in total. The quantitative estimate of drug-likeness (QED) is 0.599. The number of hydrogen-bond acceptors (Lipinski definition) is 2. The fourth-order valence-electron chi connectivity index (χ4n) is 1.31. The summed E-state index contributed by atoms with van der Waals surface area (Å²) in [7, 11) is 0. The van der Waals surface area contributed by atoms with Crippen molar-refractivity contribution in [2.45, 2.75) is 25.3 Å². The fraction of sp³-hybridized carbons (Fsp3) is 0.857. The highest BCUT2D eigenvalue weighted by molar-refractivity contribution is 5.72. The van der Waals surface area contributed by atoms with Crippen LogP contribution >= 0.6 is 0 Å². The minimum atomic E-state index is -0.333. The lowest BCUT2D eigenvalue weighted by Gasteiger charge is -2.36. The van der Waals surface area contributed by atoms with Crippen LogP contribution in [0.15, 0.2) is 0 Å². The molecular formula is C7H15N3O. The second kappa shape index (κ2) is 3.57. The molecule has 4 heteroatoms. The van der Waals surface area contributed by atoms with E-state index in [1.807, 2.05) is 0 Å². The van der Waals surface area contributed by atoms with E-state index in [1.165, 1.54) is 6.42 Å². The summed E-state index contributed by atoms with van der Waals surface area (Å²) in [6, 6.07) is 0.0381. The first-order chi connectivity index (χ1) is 5.25. The van der Waals surface area contributed by atoms with Gasteiger partial charge in [-0.05, 0) is 19.3 Å². The van der Waals surface area contributed by atoms with E-state index < -0.39 is 0 Å². The number of carbonyl (C=O) groups excluding carboxylic acids is 1. The molecule has 4 nitrogen and oxygen atoms in total. The first-order valence-electron chi connectivity index (χ1n) is 4.02. The highest BCUT2D eigenvalue weighted by Crippen LogP contribution is 2.23. The Bertz CT molecular complexity index is 145. The first-order valence-corrected chi connectivity index (χ1v) is 4.02. The highest BCUT2D eigenvalue weighted by atomic mass is 16.2. The van der Waals surface area contributed by atoms with Gasteiger partial charge in [0.15, 0.2) is 0 Å². The lowest BCUT2D eigenvalue weighted by molar-refractivity contribution is 0.148. The van der Waals surface area contributed by atoms with Crippen molar-refractivity contribution in [3.05, 3.63) is 0 Å². The third kappa shape index (κ3) is 1.83. The molecule has 0 aromatic rings. The van der Waals surface area contributed by atoms with Gasteiger partial charge in [0, 0.05) is 19.1 Å². The molecule has 0 saturated heterocycles. The Labute approximate surface area is 66.5 Å². The number of rotatable bonds is 3. The summed E-state index contributed by atoms with van der Waals surface area (Å²) in [5, 5.41) is 0. The number of primary amides is 1. The second-order valence-electron chi connectivity index (χ2n) is 2.91. The molecule has 1 aliphatic carbocycles. The third-order valence-electron chi connectivity index (χ3n) is 2.17. The Balaban J connectivity index is 2.37. The van der Waals surface area contributed by atoms with Crippen LogP contribution in [-0.4, -0.2) is 30.1 Å². The van der Waals surface area contributed by atoms with Crippen LogP contribution in [0.3, 0.4) is 0 Å². The van der Waals surface area contributed by atoms with Crippen molar-refractivity contribution in [1.29, 1.82) is 0 Å². The molecule has 0 aromatic heterocycles. The number of carbonyl (C=O) groups is 1. The van der Waals surface area contributed by atoms with E-state index in [0.29, 0.717) is 19.1 Å². The van der Waals surface area contributed by atoms with Gasteiger partial charge < -0.3 is 16.4 Å². The van der Waals surface area contributed by atoms with Crippen molar-refractivity contribution in [3.63, 3.8) is 0 Å². The van der Waals surface area contributed by atoms with Gasteiger partial charge in [-0.2, -0.15) is 0 Å². The van der Waals surface area contributed by atoms with Gasteiger partial charge in [0.1, 0.15) is 0 Å². The molecule has 0 aliphatic heterocycles. The topological polar surface area (TPSA) is 72.3 Å². The number of hydrogen-bond donors (Lipinski definition) is 2. The standard InChI is InChI=1S/C7H15N3O/c8-4-5-10(7(9)11)6-2-1-3-6/h6H,1-5,8H2,(H2,9,11). The number of nitrogens with two attached hydrogens (primary N) is 2. The summed E-state index contributed by atoms with van der Waals surface area (Å²) in [5.41, 5.74) is 10.5. The molecule has 0 heterocycles. The van der Waals surface area contributed by atoms with Gasteiger partial charge >= 0.3 is 6.03 Å². The van der Waals surface area contributed by atoms with Crippen LogP contribution in [0, 0.1) is 0 Å². The van der Waals surface area contributed by atoms with Crippen molar-refractivity contribution in [3.8, 4) is 0 Å². The molecule has 0 bridgehead atoms. The second-order valence-corrected chi connectivity index (χ2v) is 2.91. The molecule has 11 heavy (non-hydrogen) atoms. The fourth-order valence-corrected chi connectivity index (χ4v) is 1.31. The van der Waals surface area contributed by atoms with Crippen LogP contribution in [0.25, 0.3) is 0 Å². The smallest absolute Gasteiger partial charge is 0.315 e. The molecule has 0 spiro atoms. The number of urea groups is 1. The lowest BCUT2D eigenvalue weighted by atomic mass is 9.92. The van der Waals surface area contributed by atoms with Crippen LogP contribution in [0.1, 0.15) is 19.3 Å². The van der Waals surface area contributed by atoms with E-state index in [0.717, 1.165) is 12.8 Å². The predicted octanol–water partition coefficient (Wildman–Crippen LogP) is -0.122. The van der Waals surface area contributed by atoms with Gasteiger partial charge in [0.2, 0.25) is 0 Å². The molecular weight excluding hydrogens is 142 g/mol. The summed E-state index contributed by atoms with van der Waals surface area (Å²) in [5.74, 6) is 0. The van der Waals surface area contributed by atoms with E-state index in [1.54, 1.807) is 4.90 Å². The van der Waals surface area contributed by atoms with Crippen molar-refractivity contribution in [2.75, 3.05) is 13.1 Å². The van der Waals surface area contributed by atoms with Crippen LogP contribution in [-0.2, 0) is 0 Å². The van der Waals surface area contributed by atoms with Crippen molar-refractivity contribution in [1.82, 2.24) is 4.90 Å². The van der Waals surface area contributed by atoms with Crippen molar-refractivity contribution < 1.29 is 4.79 Å². The summed E-state index contributed by atoms with van der Waals surface area (Å²) in [4.78, 5) is 12.5. The molecule has 64 valence electrons. The van der Waals surface area contributed by atoms with E-state index >= 15 is 0 Å². The van der Waals surface area contributed by atoms with Crippen LogP contribution in [0.4, 0.5) is 4.79 Å². The summed E-state index contributed by atoms with van der Waals surface area (Å²) < 4.78 is 0. The minimum absolute atomic E-state index is 0.333. The Morgan fingerprint density at radius 1 is 1.55 bits per heavy atom. The normalized spacial score (nSPS) is 17.5. The molecule has 1 saturated carbocycles. The Morgan fingerprint density at radius 3 is 2.45 bits per heavy atom. The summed E-state index contributed by atoms with van der Waals surface area (Å²) >= 11 is 0. The van der Waals surface area contributed by atoms with Crippen LogP contribution < -0.4 is 11.5 Å². The molecule has 2 amide bonds. The monoisotopic (exact) mass is 157 g/mol. The first kappa shape index (κ1) is 8.33. The lowest BCUT2D eigenvalue weighted by Crippen LogP contribution is -2.48. The molecule has 0 unspecified atom stereocenters. The van der Waals surface area contributed by atoms with Gasteiger partial charge in [-0.15, -0.1) is 0 Å². The summed E-state index contributed by atoms with van der Waals surface area (Å²) in [6.07, 6.45) is 3.38. The molecule has 0 aromatic carbocycles. The van der Waals surface area contributed by atoms with Crippen LogP contribution in [0.5, 0.6) is 0 Å². The maximum Gasteiger partial charge on any atom is 0.315 e. The van der Waals surface area contributed by atoms with Gasteiger partial charge in [0.05, 0.1) is 0 Å². The SMILES string of the molecule is NCCN(C(N)=O)C1CCC1. The average Bonchev–Trinajstić information content (AvgIpc) is 1.82. The Hall–Kier alpha value is -0.770. The number of nitrogens with zero attached hydrogens (tertiary/aromatic N) is 1. The van der Waals surface area contributed by atoms with Crippen LogP contribution in [0.2, 0.25) is 0 Å². The zero-order valence-electron chi connectivity index (χ0n) is 6.62.